The molecule has 32 heavy (non-hydrogen) atoms. The van der Waals surface area contributed by atoms with Gasteiger partial charge in [-0.1, -0.05) is 11.8 Å². The van der Waals surface area contributed by atoms with Gasteiger partial charge in [-0.2, -0.15) is 0 Å². The summed E-state index contributed by atoms with van der Waals surface area (Å²) in [5, 5.41) is 15.4. The summed E-state index contributed by atoms with van der Waals surface area (Å²) < 4.78 is 13.9. The number of rotatable bonds is 4. The van der Waals surface area contributed by atoms with E-state index >= 15 is 0 Å². The van der Waals surface area contributed by atoms with Crippen LogP contribution in [0.5, 0.6) is 5.75 Å². The number of aromatic nitrogens is 3. The lowest BCUT2D eigenvalue weighted by Gasteiger charge is -2.18. The highest BCUT2D eigenvalue weighted by molar-refractivity contribution is 7.09. The normalized spacial score (nSPS) is 11.3. The quantitative estimate of drug-likeness (QED) is 0.465. The minimum atomic E-state index is -0.844. The number of benzene rings is 1. The van der Waals surface area contributed by atoms with Crippen LogP contribution in [-0.4, -0.2) is 26.0 Å². The molecule has 0 aliphatic rings. The Morgan fingerprint density at radius 3 is 2.75 bits per heavy atom. The van der Waals surface area contributed by atoms with Crippen LogP contribution in [0.15, 0.2) is 66.4 Å². The van der Waals surface area contributed by atoms with Crippen molar-refractivity contribution >= 4 is 17.2 Å². The second-order valence-corrected chi connectivity index (χ2v) is 7.75. The molecule has 0 aliphatic carbocycles. The highest BCUT2D eigenvalue weighted by Gasteiger charge is 2.24. The lowest BCUT2D eigenvalue weighted by atomic mass is 10.1. The Morgan fingerprint density at radius 2 is 2.00 bits per heavy atom. The molecule has 0 radical (unpaired) electrons. The highest BCUT2D eigenvalue weighted by atomic mass is 32.1. The van der Waals surface area contributed by atoms with Gasteiger partial charge in [-0.15, -0.1) is 11.3 Å². The molecule has 1 atom stereocenters. The average Bonchev–Trinajstić information content (AvgIpc) is 3.24. The summed E-state index contributed by atoms with van der Waals surface area (Å²) in [5.41, 5.74) is 2.45. The standard InChI is InChI=1S/C24H17FN4O2S/c1-15-14-32-24(28-15)22(19-12-18(25)6-7-21(19)30)29-23(31)20-11-16(8-10-27-20)4-5-17-3-2-9-26-13-17/h2-3,6-14,22,30H,1H3,(H,29,31). The molecule has 4 rings (SSSR count). The molecule has 8 heteroatoms. The molecule has 0 saturated heterocycles. The van der Waals surface area contributed by atoms with Gasteiger partial charge in [0.1, 0.15) is 28.3 Å². The molecular weight excluding hydrogens is 427 g/mol. The average molecular weight is 444 g/mol. The number of halogens is 1. The second-order valence-electron chi connectivity index (χ2n) is 6.86. The first-order valence-corrected chi connectivity index (χ1v) is 10.5. The predicted molar refractivity (Wildman–Crippen MR) is 119 cm³/mol. The minimum Gasteiger partial charge on any atom is -0.508 e. The molecule has 0 fully saturated rings. The number of aromatic hydroxyl groups is 1. The van der Waals surface area contributed by atoms with Crippen LogP contribution in [0.1, 0.15) is 43.9 Å². The van der Waals surface area contributed by atoms with E-state index in [4.69, 9.17) is 0 Å². The van der Waals surface area contributed by atoms with Gasteiger partial charge in [0.2, 0.25) is 0 Å². The second kappa shape index (κ2) is 9.37. The van der Waals surface area contributed by atoms with Gasteiger partial charge in [0.25, 0.3) is 5.91 Å². The van der Waals surface area contributed by atoms with E-state index in [-0.39, 0.29) is 17.0 Å². The number of phenols is 1. The zero-order chi connectivity index (χ0) is 22.5. The van der Waals surface area contributed by atoms with Gasteiger partial charge in [0.05, 0.1) is 0 Å². The van der Waals surface area contributed by atoms with Gasteiger partial charge in [-0.25, -0.2) is 9.37 Å². The summed E-state index contributed by atoms with van der Waals surface area (Å²) >= 11 is 1.31. The van der Waals surface area contributed by atoms with Crippen LogP contribution in [0.2, 0.25) is 0 Å². The summed E-state index contributed by atoms with van der Waals surface area (Å²) in [6.45, 7) is 1.82. The van der Waals surface area contributed by atoms with Gasteiger partial charge < -0.3 is 10.4 Å². The maximum atomic E-state index is 13.9. The van der Waals surface area contributed by atoms with Crippen LogP contribution in [0.4, 0.5) is 4.39 Å². The molecule has 0 aliphatic heterocycles. The lowest BCUT2D eigenvalue weighted by Crippen LogP contribution is -2.30. The number of nitrogens with zero attached hydrogens (tertiary/aromatic N) is 3. The third-order valence-corrected chi connectivity index (χ3v) is 5.49. The van der Waals surface area contributed by atoms with Gasteiger partial charge >= 0.3 is 0 Å². The van der Waals surface area contributed by atoms with Crippen molar-refractivity contribution in [3.8, 4) is 17.6 Å². The molecule has 4 aromatic rings. The molecule has 0 bridgehead atoms. The maximum absolute atomic E-state index is 13.9. The minimum absolute atomic E-state index is 0.136. The number of nitrogens with one attached hydrogen (secondary N) is 1. The number of hydrogen-bond acceptors (Lipinski definition) is 6. The number of phenolic OH excluding ortho intramolecular Hbond substituents is 1. The van der Waals surface area contributed by atoms with Gasteiger partial charge in [0.15, 0.2) is 0 Å². The molecule has 3 heterocycles. The Morgan fingerprint density at radius 1 is 1.16 bits per heavy atom. The van der Waals surface area contributed by atoms with Crippen molar-refractivity contribution in [2.45, 2.75) is 13.0 Å². The third kappa shape index (κ3) is 4.96. The van der Waals surface area contributed by atoms with Crippen LogP contribution in [0.3, 0.4) is 0 Å². The van der Waals surface area contributed by atoms with Crippen molar-refractivity contribution in [3.05, 3.63) is 105 Å². The summed E-state index contributed by atoms with van der Waals surface area (Å²) in [4.78, 5) is 25.6. The van der Waals surface area contributed by atoms with Gasteiger partial charge in [0, 0.05) is 46.4 Å². The van der Waals surface area contributed by atoms with E-state index in [0.717, 1.165) is 17.3 Å². The SMILES string of the molecule is Cc1csc(C(NC(=O)c2cc(C#Cc3cccnc3)ccn2)c2cc(F)ccc2O)n1. The number of carbonyl (C=O) groups excluding carboxylic acids is 1. The van der Waals surface area contributed by atoms with Gasteiger partial charge in [-0.3, -0.25) is 14.8 Å². The van der Waals surface area contributed by atoms with Crippen LogP contribution in [-0.2, 0) is 0 Å². The smallest absolute Gasteiger partial charge is 0.270 e. The van der Waals surface area contributed by atoms with E-state index in [1.165, 1.54) is 29.7 Å². The van der Waals surface area contributed by atoms with Crippen LogP contribution in [0, 0.1) is 24.6 Å². The number of aryl methyl sites for hydroxylation is 1. The summed E-state index contributed by atoms with van der Waals surface area (Å²) in [7, 11) is 0. The molecule has 2 N–H and O–H groups in total. The van der Waals surface area contributed by atoms with Crippen LogP contribution >= 0.6 is 11.3 Å². The Kier molecular flexibility index (Phi) is 6.19. The molecule has 6 nitrogen and oxygen atoms in total. The number of hydrogen-bond donors (Lipinski definition) is 2. The molecule has 1 aromatic carbocycles. The van der Waals surface area contributed by atoms with E-state index in [1.54, 1.807) is 30.6 Å². The Labute approximate surface area is 187 Å². The third-order valence-electron chi connectivity index (χ3n) is 4.47. The summed E-state index contributed by atoms with van der Waals surface area (Å²) in [5.74, 6) is 4.78. The maximum Gasteiger partial charge on any atom is 0.270 e. The predicted octanol–water partition coefficient (Wildman–Crippen LogP) is 4.01. The van der Waals surface area contributed by atoms with Gasteiger partial charge in [-0.05, 0) is 49.4 Å². The van der Waals surface area contributed by atoms with E-state index in [1.807, 2.05) is 18.4 Å². The van der Waals surface area contributed by atoms with E-state index < -0.39 is 17.8 Å². The van der Waals surface area contributed by atoms with Crippen LogP contribution < -0.4 is 5.32 Å². The highest BCUT2D eigenvalue weighted by Crippen LogP contribution is 2.32. The Bertz CT molecular complexity index is 1330. The summed E-state index contributed by atoms with van der Waals surface area (Å²) in [6.07, 6.45) is 4.80. The number of pyridine rings is 2. The molecule has 0 spiro atoms. The fraction of sp³-hybridized carbons (Fsp3) is 0.0833. The number of carbonyl (C=O) groups is 1. The zero-order valence-electron chi connectivity index (χ0n) is 16.9. The Hall–Kier alpha value is -4.09. The Balaban J connectivity index is 1.63. The van der Waals surface area contributed by atoms with E-state index in [2.05, 4.69) is 32.1 Å². The zero-order valence-corrected chi connectivity index (χ0v) is 17.7. The number of amides is 1. The van der Waals surface area contributed by atoms with Crippen molar-refractivity contribution in [3.63, 3.8) is 0 Å². The monoisotopic (exact) mass is 444 g/mol. The molecule has 3 aromatic heterocycles. The van der Waals surface area contributed by atoms with Crippen molar-refractivity contribution in [2.75, 3.05) is 0 Å². The van der Waals surface area contributed by atoms with Crippen molar-refractivity contribution < 1.29 is 14.3 Å². The fourth-order valence-corrected chi connectivity index (χ4v) is 3.82. The molecule has 1 unspecified atom stereocenters. The lowest BCUT2D eigenvalue weighted by molar-refractivity contribution is 0.0937. The van der Waals surface area contributed by atoms with Crippen molar-refractivity contribution in [1.29, 1.82) is 0 Å². The van der Waals surface area contributed by atoms with Crippen molar-refractivity contribution in [1.82, 2.24) is 20.3 Å². The largest absolute Gasteiger partial charge is 0.508 e. The molecular formula is C24H17FN4O2S. The first-order chi connectivity index (χ1) is 15.5. The first kappa shape index (κ1) is 21.2. The number of thiazole rings is 1. The van der Waals surface area contributed by atoms with E-state index in [0.29, 0.717) is 10.6 Å². The summed E-state index contributed by atoms with van der Waals surface area (Å²) in [6, 6.07) is 9.62. The topological polar surface area (TPSA) is 88.0 Å². The van der Waals surface area contributed by atoms with Crippen LogP contribution in [0.25, 0.3) is 0 Å². The first-order valence-electron chi connectivity index (χ1n) is 9.59. The molecule has 0 saturated carbocycles. The molecule has 158 valence electrons. The molecule has 1 amide bonds. The van der Waals surface area contributed by atoms with Crippen molar-refractivity contribution in [2.24, 2.45) is 0 Å². The van der Waals surface area contributed by atoms with E-state index in [9.17, 15) is 14.3 Å². The fourth-order valence-electron chi connectivity index (χ4n) is 2.95.